The molecule has 1 N–H and O–H groups in total. The summed E-state index contributed by atoms with van der Waals surface area (Å²) in [5.74, 6) is 1.85. The summed E-state index contributed by atoms with van der Waals surface area (Å²) in [5.41, 5.74) is 1.66. The fraction of sp³-hybridized carbons (Fsp3) is 0.684. The van der Waals surface area contributed by atoms with Crippen LogP contribution in [0.1, 0.15) is 43.9 Å². The van der Waals surface area contributed by atoms with Crippen LogP contribution in [-0.2, 0) is 0 Å². The first kappa shape index (κ1) is 17.2. The van der Waals surface area contributed by atoms with E-state index in [2.05, 4.69) is 29.7 Å². The van der Waals surface area contributed by atoms with Gasteiger partial charge in [-0.1, -0.05) is 13.8 Å². The second kappa shape index (κ2) is 7.50. The predicted octanol–water partition coefficient (Wildman–Crippen LogP) is 2.22. The second-order valence-corrected chi connectivity index (χ2v) is 7.49. The van der Waals surface area contributed by atoms with Crippen molar-refractivity contribution < 1.29 is 5.11 Å². The summed E-state index contributed by atoms with van der Waals surface area (Å²) in [6.07, 6.45) is 2.58. The summed E-state index contributed by atoms with van der Waals surface area (Å²) in [4.78, 5) is 9.50. The number of hydrogen-bond donors (Lipinski definition) is 1. The Morgan fingerprint density at radius 3 is 2.58 bits per heavy atom. The van der Waals surface area contributed by atoms with Gasteiger partial charge in [-0.15, -0.1) is 0 Å². The fourth-order valence-electron chi connectivity index (χ4n) is 3.94. The van der Waals surface area contributed by atoms with Gasteiger partial charge in [-0.3, -0.25) is 0 Å². The average molecular weight is 328 g/mol. The summed E-state index contributed by atoms with van der Waals surface area (Å²) < 4.78 is 0. The molecular weight excluding hydrogens is 300 g/mol. The van der Waals surface area contributed by atoms with Crippen LogP contribution in [0, 0.1) is 23.2 Å². The largest absolute Gasteiger partial charge is 0.396 e. The zero-order valence-electron chi connectivity index (χ0n) is 14.8. The minimum atomic E-state index is 0.209. The Morgan fingerprint density at radius 1 is 1.25 bits per heavy atom. The molecule has 2 saturated heterocycles. The molecule has 2 aliphatic rings. The molecule has 0 amide bonds. The lowest BCUT2D eigenvalue weighted by atomic mass is 9.96. The minimum absolute atomic E-state index is 0.209. The first-order chi connectivity index (χ1) is 11.6. The number of aliphatic hydroxyl groups excluding tert-OH is 1. The quantitative estimate of drug-likeness (QED) is 0.898. The molecule has 3 rings (SSSR count). The topological polar surface area (TPSA) is 63.4 Å². The first-order valence-corrected chi connectivity index (χ1v) is 9.11. The van der Waals surface area contributed by atoms with E-state index in [1.807, 2.05) is 12.1 Å². The van der Waals surface area contributed by atoms with Gasteiger partial charge in [0.1, 0.15) is 11.9 Å². The number of nitriles is 1. The number of nitrogens with zero attached hydrogens (tertiary/aromatic N) is 4. The van der Waals surface area contributed by atoms with Crippen LogP contribution in [0.4, 0.5) is 5.82 Å². The van der Waals surface area contributed by atoms with Gasteiger partial charge in [-0.05, 0) is 49.9 Å². The van der Waals surface area contributed by atoms with Crippen molar-refractivity contribution in [3.8, 4) is 6.07 Å². The Labute approximate surface area is 144 Å². The zero-order chi connectivity index (χ0) is 17.1. The Kier molecular flexibility index (Phi) is 5.37. The molecule has 3 heterocycles. The Hall–Kier alpha value is -1.64. The predicted molar refractivity (Wildman–Crippen MR) is 95.0 cm³/mol. The molecule has 0 unspecified atom stereocenters. The van der Waals surface area contributed by atoms with Gasteiger partial charge in [-0.25, -0.2) is 4.98 Å². The van der Waals surface area contributed by atoms with Crippen molar-refractivity contribution >= 4 is 5.82 Å². The maximum Gasteiger partial charge on any atom is 0.146 e. The van der Waals surface area contributed by atoms with Crippen molar-refractivity contribution in [2.75, 3.05) is 44.2 Å². The smallest absolute Gasteiger partial charge is 0.146 e. The van der Waals surface area contributed by atoms with Crippen LogP contribution in [0.15, 0.2) is 12.1 Å². The summed E-state index contributed by atoms with van der Waals surface area (Å²) in [5, 5.41) is 19.3. The molecule has 0 saturated carbocycles. The highest BCUT2D eigenvalue weighted by Gasteiger charge is 2.35. The minimum Gasteiger partial charge on any atom is -0.396 e. The third-order valence-electron chi connectivity index (χ3n) is 5.41. The molecule has 2 aliphatic heterocycles. The monoisotopic (exact) mass is 328 g/mol. The Bertz CT molecular complexity index is 604. The molecule has 0 aromatic carbocycles. The van der Waals surface area contributed by atoms with Gasteiger partial charge in [0.25, 0.3) is 0 Å². The van der Waals surface area contributed by atoms with E-state index in [-0.39, 0.29) is 12.5 Å². The van der Waals surface area contributed by atoms with E-state index in [1.54, 1.807) is 0 Å². The molecule has 0 bridgehead atoms. The molecule has 2 atom stereocenters. The average Bonchev–Trinajstić information content (AvgIpc) is 3.24. The van der Waals surface area contributed by atoms with E-state index < -0.39 is 0 Å². The van der Waals surface area contributed by atoms with Crippen LogP contribution in [0.3, 0.4) is 0 Å². The van der Waals surface area contributed by atoms with Crippen molar-refractivity contribution in [3.63, 3.8) is 0 Å². The zero-order valence-corrected chi connectivity index (χ0v) is 14.8. The molecule has 24 heavy (non-hydrogen) atoms. The van der Waals surface area contributed by atoms with E-state index in [0.717, 1.165) is 31.1 Å². The normalized spacial score (nSPS) is 24.7. The van der Waals surface area contributed by atoms with Crippen LogP contribution in [0.2, 0.25) is 0 Å². The number of aliphatic hydroxyl groups is 1. The lowest BCUT2D eigenvalue weighted by molar-refractivity contribution is 0.176. The van der Waals surface area contributed by atoms with Crippen molar-refractivity contribution in [1.29, 1.82) is 5.26 Å². The third-order valence-corrected chi connectivity index (χ3v) is 5.41. The van der Waals surface area contributed by atoms with Crippen molar-refractivity contribution in [1.82, 2.24) is 9.88 Å². The van der Waals surface area contributed by atoms with Gasteiger partial charge in [0, 0.05) is 37.9 Å². The number of aromatic nitrogens is 1. The molecule has 130 valence electrons. The van der Waals surface area contributed by atoms with E-state index in [0.29, 0.717) is 17.4 Å². The molecule has 0 spiro atoms. The number of anilines is 1. The van der Waals surface area contributed by atoms with Crippen LogP contribution < -0.4 is 4.90 Å². The van der Waals surface area contributed by atoms with Crippen molar-refractivity contribution in [3.05, 3.63) is 23.4 Å². The third kappa shape index (κ3) is 3.55. The molecule has 2 fully saturated rings. The second-order valence-electron chi connectivity index (χ2n) is 7.49. The van der Waals surface area contributed by atoms with Crippen molar-refractivity contribution in [2.24, 2.45) is 11.8 Å². The first-order valence-electron chi connectivity index (χ1n) is 9.11. The molecular formula is C19H28N4O. The number of pyridine rings is 1. The van der Waals surface area contributed by atoms with Gasteiger partial charge >= 0.3 is 0 Å². The molecule has 1 aromatic heterocycles. The summed E-state index contributed by atoms with van der Waals surface area (Å²) in [6.45, 7) is 9.53. The summed E-state index contributed by atoms with van der Waals surface area (Å²) in [7, 11) is 0. The van der Waals surface area contributed by atoms with Crippen LogP contribution in [0.25, 0.3) is 0 Å². The standard InChI is InChI=1S/C19H28N4O/c1-14(2)18-6-5-15(9-20)19(21-18)23-11-16(17(12-23)13-24)10-22-7-3-4-8-22/h5-6,14,16-17,24H,3-4,7-8,10-13H2,1-2H3/t16-,17-/m1/s1. The van der Waals surface area contributed by atoms with Crippen LogP contribution >= 0.6 is 0 Å². The van der Waals surface area contributed by atoms with Crippen LogP contribution in [-0.4, -0.2) is 54.3 Å². The molecule has 0 aliphatic carbocycles. The Balaban J connectivity index is 1.79. The molecule has 1 aromatic rings. The van der Waals surface area contributed by atoms with Crippen molar-refractivity contribution in [2.45, 2.75) is 32.6 Å². The molecule has 5 nitrogen and oxygen atoms in total. The lowest BCUT2D eigenvalue weighted by Gasteiger charge is -2.23. The highest BCUT2D eigenvalue weighted by molar-refractivity contribution is 5.55. The van der Waals surface area contributed by atoms with E-state index in [4.69, 9.17) is 4.98 Å². The van der Waals surface area contributed by atoms with Gasteiger partial charge in [-0.2, -0.15) is 5.26 Å². The lowest BCUT2D eigenvalue weighted by Crippen LogP contribution is -2.32. The van der Waals surface area contributed by atoms with E-state index >= 15 is 0 Å². The highest BCUT2D eigenvalue weighted by Crippen LogP contribution is 2.31. The molecule has 0 radical (unpaired) electrons. The van der Waals surface area contributed by atoms with Gasteiger partial charge in [0.2, 0.25) is 0 Å². The van der Waals surface area contributed by atoms with Gasteiger partial charge < -0.3 is 14.9 Å². The maximum atomic E-state index is 9.81. The fourth-order valence-corrected chi connectivity index (χ4v) is 3.94. The number of hydrogen-bond acceptors (Lipinski definition) is 5. The highest BCUT2D eigenvalue weighted by atomic mass is 16.3. The maximum absolute atomic E-state index is 9.81. The van der Waals surface area contributed by atoms with E-state index in [1.165, 1.54) is 25.9 Å². The SMILES string of the molecule is CC(C)c1ccc(C#N)c(N2C[C@@H](CN3CCCC3)[C@@H](CO)C2)n1. The number of rotatable bonds is 5. The van der Waals surface area contributed by atoms with Gasteiger partial charge in [0.05, 0.1) is 5.56 Å². The summed E-state index contributed by atoms with van der Waals surface area (Å²) >= 11 is 0. The Morgan fingerprint density at radius 2 is 1.96 bits per heavy atom. The summed E-state index contributed by atoms with van der Waals surface area (Å²) in [6, 6.07) is 6.12. The molecule has 5 heteroatoms. The van der Waals surface area contributed by atoms with Gasteiger partial charge in [0.15, 0.2) is 0 Å². The van der Waals surface area contributed by atoms with E-state index in [9.17, 15) is 10.4 Å². The van der Waals surface area contributed by atoms with Crippen LogP contribution in [0.5, 0.6) is 0 Å². The number of likely N-dealkylation sites (tertiary alicyclic amines) is 1.